The molecule has 134 valence electrons. The zero-order valence-electron chi connectivity index (χ0n) is 14.2. The van der Waals surface area contributed by atoms with Crippen LogP contribution in [0.5, 0.6) is 0 Å². The van der Waals surface area contributed by atoms with Gasteiger partial charge in [0.1, 0.15) is 0 Å². The van der Waals surface area contributed by atoms with Crippen molar-refractivity contribution in [3.05, 3.63) is 70.8 Å². The van der Waals surface area contributed by atoms with Crippen LogP contribution in [0.2, 0.25) is 0 Å². The third kappa shape index (κ3) is 5.60. The summed E-state index contributed by atoms with van der Waals surface area (Å²) in [5.41, 5.74) is 1.59. The van der Waals surface area contributed by atoms with Gasteiger partial charge in [-0.3, -0.25) is 9.69 Å². The van der Waals surface area contributed by atoms with Gasteiger partial charge in [0.05, 0.1) is 12.1 Å². The minimum atomic E-state index is -4.40. The molecule has 2 aromatic rings. The molecule has 6 heteroatoms. The number of alkyl halides is 3. The Morgan fingerprint density at radius 2 is 1.64 bits per heavy atom. The van der Waals surface area contributed by atoms with Gasteiger partial charge >= 0.3 is 6.18 Å². The normalized spacial score (nSPS) is 11.6. The van der Waals surface area contributed by atoms with E-state index in [-0.39, 0.29) is 24.6 Å². The summed E-state index contributed by atoms with van der Waals surface area (Å²) in [6.07, 6.45) is -4.40. The average Bonchev–Trinajstić information content (AvgIpc) is 2.53. The summed E-state index contributed by atoms with van der Waals surface area (Å²) in [5, 5.41) is 2.80. The number of hydrogen-bond donors (Lipinski definition) is 1. The van der Waals surface area contributed by atoms with Crippen LogP contribution in [0.3, 0.4) is 0 Å². The lowest BCUT2D eigenvalue weighted by molar-refractivity contribution is -0.138. The van der Waals surface area contributed by atoms with Gasteiger partial charge in [0.2, 0.25) is 5.91 Å². The summed E-state index contributed by atoms with van der Waals surface area (Å²) in [5.74, 6) is -0.227. The third-order valence-electron chi connectivity index (χ3n) is 3.91. The van der Waals surface area contributed by atoms with Gasteiger partial charge in [-0.25, -0.2) is 0 Å². The minimum Gasteiger partial charge on any atom is -0.351 e. The molecule has 0 unspecified atom stereocenters. The molecule has 3 nitrogen and oxygen atoms in total. The molecule has 0 aliphatic carbocycles. The van der Waals surface area contributed by atoms with Gasteiger partial charge in [-0.15, -0.1) is 0 Å². The van der Waals surface area contributed by atoms with Crippen molar-refractivity contribution in [2.45, 2.75) is 26.2 Å². The highest BCUT2D eigenvalue weighted by atomic mass is 19.4. The highest BCUT2D eigenvalue weighted by molar-refractivity contribution is 5.78. The minimum absolute atomic E-state index is 0.0259. The van der Waals surface area contributed by atoms with Crippen molar-refractivity contribution in [1.29, 1.82) is 0 Å². The smallest absolute Gasteiger partial charge is 0.351 e. The Balaban J connectivity index is 1.91. The third-order valence-corrected chi connectivity index (χ3v) is 3.91. The topological polar surface area (TPSA) is 32.3 Å². The molecule has 0 aromatic heterocycles. The first-order valence-corrected chi connectivity index (χ1v) is 7.92. The first-order valence-electron chi connectivity index (χ1n) is 7.92. The van der Waals surface area contributed by atoms with Gasteiger partial charge in [-0.2, -0.15) is 13.2 Å². The number of halogens is 3. The number of amides is 1. The highest BCUT2D eigenvalue weighted by Gasteiger charge is 2.33. The number of likely N-dealkylation sites (N-methyl/N-ethyl adjacent to an activating group) is 1. The lowest BCUT2D eigenvalue weighted by Crippen LogP contribution is -2.35. The molecule has 0 spiro atoms. The number of benzene rings is 2. The Bertz CT molecular complexity index is 729. The second kappa shape index (κ2) is 8.16. The van der Waals surface area contributed by atoms with Crippen LogP contribution < -0.4 is 5.32 Å². The largest absolute Gasteiger partial charge is 0.416 e. The standard InChI is InChI=1S/C19H21F3N2O/c1-14-7-3-4-8-15(14)11-23-18(25)13-24(2)12-16-9-5-6-10-17(16)19(20,21)22/h3-10H,11-13H2,1-2H3,(H,23,25). The summed E-state index contributed by atoms with van der Waals surface area (Å²) >= 11 is 0. The Hall–Kier alpha value is -2.34. The molecule has 0 heterocycles. The fourth-order valence-electron chi connectivity index (χ4n) is 2.58. The molecular weight excluding hydrogens is 329 g/mol. The maximum Gasteiger partial charge on any atom is 0.416 e. The predicted octanol–water partition coefficient (Wildman–Crippen LogP) is 3.76. The molecule has 0 fully saturated rings. The summed E-state index contributed by atoms with van der Waals surface area (Å²) < 4.78 is 39.0. The van der Waals surface area contributed by atoms with E-state index in [9.17, 15) is 18.0 Å². The van der Waals surface area contributed by atoms with E-state index in [1.807, 2.05) is 31.2 Å². The Labute approximate surface area is 145 Å². The molecule has 1 amide bonds. The number of hydrogen-bond acceptors (Lipinski definition) is 2. The van der Waals surface area contributed by atoms with E-state index >= 15 is 0 Å². The van der Waals surface area contributed by atoms with Crippen LogP contribution in [-0.4, -0.2) is 24.4 Å². The number of aryl methyl sites for hydroxylation is 1. The van der Waals surface area contributed by atoms with Gasteiger partial charge in [0.25, 0.3) is 0 Å². The highest BCUT2D eigenvalue weighted by Crippen LogP contribution is 2.32. The Kier molecular flexibility index (Phi) is 6.20. The van der Waals surface area contributed by atoms with Gasteiger partial charge < -0.3 is 5.32 Å². The number of nitrogens with one attached hydrogen (secondary N) is 1. The predicted molar refractivity (Wildman–Crippen MR) is 90.8 cm³/mol. The summed E-state index contributed by atoms with van der Waals surface area (Å²) in [6, 6.07) is 13.1. The van der Waals surface area contributed by atoms with Crippen LogP contribution >= 0.6 is 0 Å². The molecule has 25 heavy (non-hydrogen) atoms. The number of nitrogens with zero attached hydrogens (tertiary/aromatic N) is 1. The van der Waals surface area contributed by atoms with Crippen molar-refractivity contribution in [1.82, 2.24) is 10.2 Å². The van der Waals surface area contributed by atoms with Gasteiger partial charge in [-0.1, -0.05) is 42.5 Å². The molecule has 2 aromatic carbocycles. The fourth-order valence-corrected chi connectivity index (χ4v) is 2.58. The SMILES string of the molecule is Cc1ccccc1CNC(=O)CN(C)Cc1ccccc1C(F)(F)F. The number of carbonyl (C=O) groups excluding carboxylic acids is 1. The van der Waals surface area contributed by atoms with E-state index < -0.39 is 11.7 Å². The van der Waals surface area contributed by atoms with Crippen molar-refractivity contribution < 1.29 is 18.0 Å². The lowest BCUT2D eigenvalue weighted by Gasteiger charge is -2.19. The van der Waals surface area contributed by atoms with Gasteiger partial charge in [0, 0.05) is 13.1 Å². The molecule has 0 atom stereocenters. The lowest BCUT2D eigenvalue weighted by atomic mass is 10.1. The van der Waals surface area contributed by atoms with Crippen molar-refractivity contribution in [2.75, 3.05) is 13.6 Å². The van der Waals surface area contributed by atoms with Crippen LogP contribution in [0.1, 0.15) is 22.3 Å². The van der Waals surface area contributed by atoms with E-state index in [1.165, 1.54) is 12.1 Å². The first kappa shape index (κ1) is 19.0. The van der Waals surface area contributed by atoms with E-state index in [0.717, 1.165) is 17.2 Å². The molecular formula is C19H21F3N2O. The van der Waals surface area contributed by atoms with Crippen LogP contribution in [-0.2, 0) is 24.1 Å². The zero-order chi connectivity index (χ0) is 18.4. The first-order chi connectivity index (χ1) is 11.8. The van der Waals surface area contributed by atoms with Crippen molar-refractivity contribution in [3.8, 4) is 0 Å². The molecule has 1 N–H and O–H groups in total. The van der Waals surface area contributed by atoms with Gasteiger partial charge in [-0.05, 0) is 36.7 Å². The van der Waals surface area contributed by atoms with Crippen molar-refractivity contribution in [3.63, 3.8) is 0 Å². The number of carbonyl (C=O) groups is 1. The van der Waals surface area contributed by atoms with Crippen LogP contribution in [0.15, 0.2) is 48.5 Å². The summed E-state index contributed by atoms with van der Waals surface area (Å²) in [4.78, 5) is 13.6. The van der Waals surface area contributed by atoms with E-state index in [4.69, 9.17) is 0 Å². The number of rotatable bonds is 6. The summed E-state index contributed by atoms with van der Waals surface area (Å²) in [7, 11) is 1.63. The zero-order valence-corrected chi connectivity index (χ0v) is 14.2. The summed E-state index contributed by atoms with van der Waals surface area (Å²) in [6.45, 7) is 2.44. The Morgan fingerprint density at radius 1 is 1.04 bits per heavy atom. The van der Waals surface area contributed by atoms with Crippen LogP contribution in [0.4, 0.5) is 13.2 Å². The second-order valence-corrected chi connectivity index (χ2v) is 6.03. The molecule has 0 radical (unpaired) electrons. The van der Waals surface area contributed by atoms with Crippen LogP contribution in [0, 0.1) is 6.92 Å². The van der Waals surface area contributed by atoms with E-state index in [0.29, 0.717) is 6.54 Å². The molecule has 0 aliphatic rings. The molecule has 0 aliphatic heterocycles. The quantitative estimate of drug-likeness (QED) is 0.860. The van der Waals surface area contributed by atoms with Crippen LogP contribution in [0.25, 0.3) is 0 Å². The molecule has 0 saturated heterocycles. The van der Waals surface area contributed by atoms with E-state index in [1.54, 1.807) is 18.0 Å². The maximum atomic E-state index is 13.0. The van der Waals surface area contributed by atoms with Crippen molar-refractivity contribution in [2.24, 2.45) is 0 Å². The second-order valence-electron chi connectivity index (χ2n) is 6.03. The monoisotopic (exact) mass is 350 g/mol. The fraction of sp³-hybridized carbons (Fsp3) is 0.316. The van der Waals surface area contributed by atoms with E-state index in [2.05, 4.69) is 5.32 Å². The molecule has 2 rings (SSSR count). The molecule has 0 saturated carbocycles. The average molecular weight is 350 g/mol. The van der Waals surface area contributed by atoms with Crippen molar-refractivity contribution >= 4 is 5.91 Å². The maximum absolute atomic E-state index is 13.0. The van der Waals surface area contributed by atoms with Gasteiger partial charge in [0.15, 0.2) is 0 Å². The Morgan fingerprint density at radius 3 is 2.28 bits per heavy atom. The molecule has 0 bridgehead atoms.